The van der Waals surface area contributed by atoms with Crippen LogP contribution in [0.15, 0.2) is 54.6 Å². The number of aromatic hydroxyl groups is 1. The molecule has 0 spiro atoms. The number of amides is 3. The number of carbonyl (C=O) groups is 3. The van der Waals surface area contributed by atoms with Crippen LogP contribution < -0.4 is 16.4 Å². The number of phenols is 1. The van der Waals surface area contributed by atoms with Gasteiger partial charge in [0.05, 0.1) is 6.10 Å². The number of aliphatic hydroxyl groups is 1. The zero-order chi connectivity index (χ0) is 22.1. The van der Waals surface area contributed by atoms with Crippen LogP contribution in [0.5, 0.6) is 5.75 Å². The minimum absolute atomic E-state index is 0.0117. The van der Waals surface area contributed by atoms with Gasteiger partial charge < -0.3 is 31.3 Å². The first-order chi connectivity index (χ1) is 14.3. The first-order valence-corrected chi connectivity index (χ1v) is 9.29. The van der Waals surface area contributed by atoms with E-state index in [9.17, 15) is 24.6 Å². The Bertz CT molecular complexity index is 855. The first-order valence-electron chi connectivity index (χ1n) is 9.29. The number of nitrogens with one attached hydrogen (secondary N) is 2. The van der Waals surface area contributed by atoms with Gasteiger partial charge in [-0.1, -0.05) is 42.5 Å². The number of alkyl carbamates (subject to hydrolysis) is 1. The van der Waals surface area contributed by atoms with Crippen LogP contribution >= 0.6 is 0 Å². The maximum Gasteiger partial charge on any atom is 0.408 e. The molecule has 6 N–H and O–H groups in total. The van der Waals surface area contributed by atoms with Crippen LogP contribution in [0, 0.1) is 0 Å². The Morgan fingerprint density at radius 3 is 2.20 bits per heavy atom. The Morgan fingerprint density at radius 2 is 1.63 bits per heavy atom. The first kappa shape index (κ1) is 22.7. The lowest BCUT2D eigenvalue weighted by atomic mass is 10.0. The van der Waals surface area contributed by atoms with E-state index >= 15 is 0 Å². The fourth-order valence-corrected chi connectivity index (χ4v) is 2.67. The minimum atomic E-state index is -1.32. The smallest absolute Gasteiger partial charge is 0.408 e. The highest BCUT2D eigenvalue weighted by Gasteiger charge is 2.29. The standard InChI is InChI=1S/C21H25N3O6/c1-13(25)18(19(22)27)24-20(28)17(11-14-7-9-16(26)10-8-14)23-21(29)30-12-15-5-3-2-4-6-15/h2-10,13,17-18,25-26H,11-12H2,1H3,(H2,22,27)(H,23,29)(H,24,28)/t13-,17-,18+/m0/s1. The topological polar surface area (TPSA) is 151 Å². The zero-order valence-electron chi connectivity index (χ0n) is 16.4. The van der Waals surface area contributed by atoms with Gasteiger partial charge in [-0.3, -0.25) is 9.59 Å². The van der Waals surface area contributed by atoms with Crippen molar-refractivity contribution in [3.8, 4) is 5.75 Å². The Kier molecular flexibility index (Phi) is 8.18. The van der Waals surface area contributed by atoms with E-state index in [1.54, 1.807) is 36.4 Å². The summed E-state index contributed by atoms with van der Waals surface area (Å²) in [6.45, 7) is 1.32. The highest BCUT2D eigenvalue weighted by atomic mass is 16.5. The lowest BCUT2D eigenvalue weighted by Gasteiger charge is -2.23. The summed E-state index contributed by atoms with van der Waals surface area (Å²) in [5.41, 5.74) is 6.63. The average Bonchev–Trinajstić information content (AvgIpc) is 2.71. The van der Waals surface area contributed by atoms with Gasteiger partial charge in [0.1, 0.15) is 24.4 Å². The predicted octanol–water partition coefficient (Wildman–Crippen LogP) is 0.581. The summed E-state index contributed by atoms with van der Waals surface area (Å²) in [5.74, 6) is -1.57. The van der Waals surface area contributed by atoms with Crippen molar-refractivity contribution < 1.29 is 29.3 Å². The SMILES string of the molecule is C[C@H](O)[C@@H](NC(=O)[C@H](Cc1ccc(O)cc1)NC(=O)OCc1ccccc1)C(N)=O. The second-order valence-electron chi connectivity index (χ2n) is 6.76. The van der Waals surface area contributed by atoms with E-state index in [2.05, 4.69) is 10.6 Å². The number of hydrogen-bond acceptors (Lipinski definition) is 6. The van der Waals surface area contributed by atoms with Gasteiger partial charge in [-0.05, 0) is 30.2 Å². The molecule has 2 rings (SSSR count). The van der Waals surface area contributed by atoms with E-state index < -0.39 is 36.1 Å². The summed E-state index contributed by atoms with van der Waals surface area (Å²) in [6, 6.07) is 12.6. The van der Waals surface area contributed by atoms with Crippen molar-refractivity contribution in [2.45, 2.75) is 38.1 Å². The second-order valence-corrected chi connectivity index (χ2v) is 6.76. The molecule has 0 radical (unpaired) electrons. The number of hydrogen-bond donors (Lipinski definition) is 5. The third-order valence-electron chi connectivity index (χ3n) is 4.28. The van der Waals surface area contributed by atoms with E-state index in [0.717, 1.165) is 5.56 Å². The highest BCUT2D eigenvalue weighted by molar-refractivity contribution is 5.91. The molecule has 160 valence electrons. The third-order valence-corrected chi connectivity index (χ3v) is 4.28. The van der Waals surface area contributed by atoms with Gasteiger partial charge in [-0.2, -0.15) is 0 Å². The van der Waals surface area contributed by atoms with E-state index in [1.165, 1.54) is 19.1 Å². The number of primary amides is 1. The van der Waals surface area contributed by atoms with E-state index in [0.29, 0.717) is 5.56 Å². The summed E-state index contributed by atoms with van der Waals surface area (Å²) in [4.78, 5) is 36.4. The summed E-state index contributed by atoms with van der Waals surface area (Å²) in [7, 11) is 0. The van der Waals surface area contributed by atoms with E-state index in [-0.39, 0.29) is 18.8 Å². The number of rotatable bonds is 9. The molecule has 0 aliphatic rings. The summed E-state index contributed by atoms with van der Waals surface area (Å²) >= 11 is 0. The lowest BCUT2D eigenvalue weighted by Crippen LogP contribution is -2.56. The normalized spacial score (nSPS) is 13.5. The van der Waals surface area contributed by atoms with Gasteiger partial charge in [0.25, 0.3) is 0 Å². The molecule has 0 aliphatic heterocycles. The molecule has 0 bridgehead atoms. The van der Waals surface area contributed by atoms with Crippen LogP contribution in [0.25, 0.3) is 0 Å². The Hall–Kier alpha value is -3.59. The van der Waals surface area contributed by atoms with E-state index in [1.807, 2.05) is 6.07 Å². The highest BCUT2D eigenvalue weighted by Crippen LogP contribution is 2.12. The molecule has 0 aliphatic carbocycles. The molecule has 9 heteroatoms. The van der Waals surface area contributed by atoms with Crippen molar-refractivity contribution >= 4 is 17.9 Å². The number of benzene rings is 2. The lowest BCUT2D eigenvalue weighted by molar-refractivity contribution is -0.130. The maximum absolute atomic E-state index is 12.7. The predicted molar refractivity (Wildman–Crippen MR) is 108 cm³/mol. The monoisotopic (exact) mass is 415 g/mol. The molecule has 0 fully saturated rings. The van der Waals surface area contributed by atoms with Crippen molar-refractivity contribution in [3.63, 3.8) is 0 Å². The molecule has 0 heterocycles. The van der Waals surface area contributed by atoms with Crippen LogP contribution in [0.4, 0.5) is 4.79 Å². The maximum atomic E-state index is 12.7. The second kappa shape index (κ2) is 10.8. The number of ether oxygens (including phenoxy) is 1. The molecular formula is C21H25N3O6. The molecule has 2 aromatic carbocycles. The summed E-state index contributed by atoms with van der Waals surface area (Å²) < 4.78 is 5.15. The van der Waals surface area contributed by atoms with Crippen LogP contribution in [-0.4, -0.2) is 46.3 Å². The Morgan fingerprint density at radius 1 is 1.00 bits per heavy atom. The molecule has 2 aromatic rings. The van der Waals surface area contributed by atoms with Gasteiger partial charge in [0.15, 0.2) is 0 Å². The Balaban J connectivity index is 2.09. The number of aliphatic hydroxyl groups excluding tert-OH is 1. The molecular weight excluding hydrogens is 390 g/mol. The molecule has 9 nitrogen and oxygen atoms in total. The van der Waals surface area contributed by atoms with Crippen LogP contribution in [0.1, 0.15) is 18.1 Å². The molecule has 0 aromatic heterocycles. The number of carbonyl (C=O) groups excluding carboxylic acids is 3. The van der Waals surface area contributed by atoms with Crippen molar-refractivity contribution in [3.05, 3.63) is 65.7 Å². The molecule has 0 saturated carbocycles. The van der Waals surface area contributed by atoms with Crippen LogP contribution in [0.3, 0.4) is 0 Å². The fraction of sp³-hybridized carbons (Fsp3) is 0.286. The molecule has 0 unspecified atom stereocenters. The van der Waals surface area contributed by atoms with Crippen molar-refractivity contribution in [2.24, 2.45) is 5.73 Å². The van der Waals surface area contributed by atoms with Crippen LogP contribution in [0.2, 0.25) is 0 Å². The van der Waals surface area contributed by atoms with Gasteiger partial charge in [-0.25, -0.2) is 4.79 Å². The minimum Gasteiger partial charge on any atom is -0.508 e. The molecule has 0 saturated heterocycles. The van der Waals surface area contributed by atoms with Crippen molar-refractivity contribution in [2.75, 3.05) is 0 Å². The van der Waals surface area contributed by atoms with Crippen molar-refractivity contribution in [1.82, 2.24) is 10.6 Å². The number of phenolic OH excluding ortho intramolecular Hbond substituents is 1. The summed E-state index contributed by atoms with van der Waals surface area (Å²) in [5, 5.41) is 23.9. The third kappa shape index (κ3) is 7.10. The zero-order valence-corrected chi connectivity index (χ0v) is 16.4. The van der Waals surface area contributed by atoms with Gasteiger partial charge >= 0.3 is 6.09 Å². The number of nitrogens with two attached hydrogens (primary N) is 1. The summed E-state index contributed by atoms with van der Waals surface area (Å²) in [6.07, 6.45) is -1.99. The molecule has 3 amide bonds. The van der Waals surface area contributed by atoms with Gasteiger partial charge in [0, 0.05) is 6.42 Å². The molecule has 3 atom stereocenters. The van der Waals surface area contributed by atoms with E-state index in [4.69, 9.17) is 10.5 Å². The Labute approximate surface area is 173 Å². The van der Waals surface area contributed by atoms with Gasteiger partial charge in [-0.15, -0.1) is 0 Å². The molecule has 30 heavy (non-hydrogen) atoms. The van der Waals surface area contributed by atoms with Crippen molar-refractivity contribution in [1.29, 1.82) is 0 Å². The fourth-order valence-electron chi connectivity index (χ4n) is 2.67. The largest absolute Gasteiger partial charge is 0.508 e. The average molecular weight is 415 g/mol. The van der Waals surface area contributed by atoms with Crippen LogP contribution in [-0.2, 0) is 27.4 Å². The quantitative estimate of drug-likeness (QED) is 0.404. The van der Waals surface area contributed by atoms with Gasteiger partial charge in [0.2, 0.25) is 11.8 Å².